The fraction of sp³-hybridized carbons (Fsp3) is 0.526. The van der Waals surface area contributed by atoms with Crippen molar-refractivity contribution >= 4 is 28.2 Å². The number of thiophene rings is 1. The van der Waals surface area contributed by atoms with Crippen molar-refractivity contribution in [2.45, 2.75) is 32.0 Å². The fourth-order valence-corrected chi connectivity index (χ4v) is 3.93. The minimum absolute atomic E-state index is 0.0565. The maximum absolute atomic E-state index is 12.7. The number of halogens is 3. The zero-order chi connectivity index (χ0) is 21.4. The fourth-order valence-electron chi connectivity index (χ4n) is 3.14. The Hall–Kier alpha value is -2.56. The topological polar surface area (TPSA) is 77.5 Å². The predicted molar refractivity (Wildman–Crippen MR) is 114 cm³/mol. The molecule has 3 heterocycles. The molecule has 1 saturated heterocycles. The number of aliphatic imine (C=N–C) groups is 1. The summed E-state index contributed by atoms with van der Waals surface area (Å²) in [6, 6.07) is 5.39. The van der Waals surface area contributed by atoms with Gasteiger partial charge in [0.05, 0.1) is 11.5 Å². The second kappa shape index (κ2) is 10.5. The van der Waals surface area contributed by atoms with E-state index < -0.39 is 11.9 Å². The molecule has 0 unspecified atom stereocenters. The molecule has 2 aromatic heterocycles. The molecule has 7 nitrogen and oxygen atoms in total. The number of nitrogens with one attached hydrogen (secondary N) is 3. The highest BCUT2D eigenvalue weighted by molar-refractivity contribution is 7.14. The van der Waals surface area contributed by atoms with Crippen molar-refractivity contribution in [3.05, 3.63) is 35.5 Å². The third-order valence-electron chi connectivity index (χ3n) is 4.61. The van der Waals surface area contributed by atoms with E-state index in [1.54, 1.807) is 11.3 Å². The summed E-state index contributed by atoms with van der Waals surface area (Å²) >= 11 is 1.76. The van der Waals surface area contributed by atoms with Gasteiger partial charge in [-0.05, 0) is 43.3 Å². The Balaban J connectivity index is 1.46. The molecule has 0 radical (unpaired) electrons. The van der Waals surface area contributed by atoms with Crippen LogP contribution in [0.25, 0.3) is 0 Å². The minimum atomic E-state index is -4.49. The monoisotopic (exact) mass is 441 g/mol. The largest absolute Gasteiger partial charge is 0.433 e. The lowest BCUT2D eigenvalue weighted by Gasteiger charge is -2.33. The lowest BCUT2D eigenvalue weighted by atomic mass is 10.1. The number of hydrogen-bond donors (Lipinski definition) is 3. The van der Waals surface area contributed by atoms with Crippen LogP contribution >= 0.6 is 11.3 Å². The number of anilines is 2. The number of guanidine groups is 1. The first-order valence-electron chi connectivity index (χ1n) is 9.93. The Kier molecular flexibility index (Phi) is 7.72. The zero-order valence-electron chi connectivity index (χ0n) is 16.7. The first kappa shape index (κ1) is 22.1. The second-order valence-corrected chi connectivity index (χ2v) is 7.73. The molecule has 0 saturated carbocycles. The molecular formula is C19H26F3N7S. The van der Waals surface area contributed by atoms with Crippen molar-refractivity contribution in [3.8, 4) is 0 Å². The molecule has 3 rings (SSSR count). The smallest absolute Gasteiger partial charge is 0.363 e. The van der Waals surface area contributed by atoms with Gasteiger partial charge in [-0.1, -0.05) is 0 Å². The van der Waals surface area contributed by atoms with E-state index in [9.17, 15) is 13.2 Å². The summed E-state index contributed by atoms with van der Waals surface area (Å²) < 4.78 is 38.1. The van der Waals surface area contributed by atoms with Crippen LogP contribution in [0.3, 0.4) is 0 Å². The lowest BCUT2D eigenvalue weighted by Crippen LogP contribution is -2.48. The van der Waals surface area contributed by atoms with E-state index in [4.69, 9.17) is 0 Å². The number of nitrogens with zero attached hydrogens (tertiary/aromatic N) is 4. The Morgan fingerprint density at radius 1 is 1.30 bits per heavy atom. The molecule has 0 atom stereocenters. The Morgan fingerprint density at radius 3 is 2.77 bits per heavy atom. The van der Waals surface area contributed by atoms with Gasteiger partial charge in [0.15, 0.2) is 5.96 Å². The molecule has 11 heteroatoms. The number of alkyl halides is 3. The van der Waals surface area contributed by atoms with Crippen molar-refractivity contribution in [2.24, 2.45) is 4.99 Å². The van der Waals surface area contributed by atoms with Crippen molar-refractivity contribution < 1.29 is 13.2 Å². The molecule has 0 amide bonds. The first-order chi connectivity index (χ1) is 14.5. The van der Waals surface area contributed by atoms with Gasteiger partial charge >= 0.3 is 6.18 Å². The minimum Gasteiger partial charge on any atom is -0.363 e. The van der Waals surface area contributed by atoms with E-state index >= 15 is 0 Å². The van der Waals surface area contributed by atoms with E-state index in [1.165, 1.54) is 5.00 Å². The normalized spacial score (nSPS) is 15.9. The van der Waals surface area contributed by atoms with Gasteiger partial charge in [0.2, 0.25) is 5.95 Å². The van der Waals surface area contributed by atoms with Crippen molar-refractivity contribution in [1.29, 1.82) is 0 Å². The quantitative estimate of drug-likeness (QED) is 0.348. The third-order valence-corrected chi connectivity index (χ3v) is 5.54. The van der Waals surface area contributed by atoms with Crippen molar-refractivity contribution in [3.63, 3.8) is 0 Å². The number of aromatic nitrogens is 2. The van der Waals surface area contributed by atoms with Crippen molar-refractivity contribution in [2.75, 3.05) is 42.9 Å². The average molecular weight is 442 g/mol. The highest BCUT2D eigenvalue weighted by Gasteiger charge is 2.32. The van der Waals surface area contributed by atoms with Crippen LogP contribution < -0.4 is 20.9 Å². The van der Waals surface area contributed by atoms with Gasteiger partial charge in [-0.25, -0.2) is 9.97 Å². The number of hydrogen-bond acceptors (Lipinski definition) is 6. The van der Waals surface area contributed by atoms with E-state index in [2.05, 4.69) is 53.3 Å². The molecule has 1 aliphatic rings. The van der Waals surface area contributed by atoms with Crippen LogP contribution in [0.1, 0.15) is 25.5 Å². The standard InChI is InChI=1S/C19H26F3N7S/c1-2-23-17(27-14-6-11-29(12-7-14)16-4-3-13-30-16)25-9-10-26-18-24-8-5-15(28-18)19(20,21)22/h3-5,8,13-14H,2,6-7,9-12H2,1H3,(H2,23,25,27)(H,24,26,28). The van der Waals surface area contributed by atoms with Gasteiger partial charge in [-0.2, -0.15) is 13.2 Å². The molecule has 2 aromatic rings. The van der Waals surface area contributed by atoms with Crippen LogP contribution in [-0.4, -0.2) is 54.7 Å². The van der Waals surface area contributed by atoms with Gasteiger partial charge in [-0.3, -0.25) is 4.99 Å². The average Bonchev–Trinajstić information content (AvgIpc) is 3.26. The highest BCUT2D eigenvalue weighted by Crippen LogP contribution is 2.27. The Morgan fingerprint density at radius 2 is 2.10 bits per heavy atom. The third kappa shape index (κ3) is 6.48. The summed E-state index contributed by atoms with van der Waals surface area (Å²) in [6.07, 6.45) is -1.37. The summed E-state index contributed by atoms with van der Waals surface area (Å²) in [5.41, 5.74) is -0.965. The summed E-state index contributed by atoms with van der Waals surface area (Å²) in [5.74, 6) is 0.651. The molecule has 1 aliphatic heterocycles. The van der Waals surface area contributed by atoms with Gasteiger partial charge in [-0.15, -0.1) is 11.3 Å². The number of rotatable bonds is 7. The van der Waals surface area contributed by atoms with E-state index in [-0.39, 0.29) is 5.95 Å². The zero-order valence-corrected chi connectivity index (χ0v) is 17.6. The summed E-state index contributed by atoms with van der Waals surface area (Å²) in [5, 5.41) is 12.9. The van der Waals surface area contributed by atoms with E-state index in [1.807, 2.05) is 6.92 Å². The molecule has 0 aromatic carbocycles. The molecule has 1 fully saturated rings. The molecule has 0 bridgehead atoms. The van der Waals surface area contributed by atoms with E-state index in [0.717, 1.165) is 44.7 Å². The molecule has 3 N–H and O–H groups in total. The molecule has 30 heavy (non-hydrogen) atoms. The van der Waals surface area contributed by atoms with Crippen LogP contribution in [0.2, 0.25) is 0 Å². The Bertz CT molecular complexity index is 803. The van der Waals surface area contributed by atoms with Crippen LogP contribution in [0.15, 0.2) is 34.8 Å². The van der Waals surface area contributed by atoms with Crippen LogP contribution in [-0.2, 0) is 6.18 Å². The van der Waals surface area contributed by atoms with Crippen molar-refractivity contribution in [1.82, 2.24) is 20.6 Å². The second-order valence-electron chi connectivity index (χ2n) is 6.81. The van der Waals surface area contributed by atoms with Crippen LogP contribution in [0.4, 0.5) is 24.1 Å². The lowest BCUT2D eigenvalue weighted by molar-refractivity contribution is -0.141. The predicted octanol–water partition coefficient (Wildman–Crippen LogP) is 3.19. The number of piperidine rings is 1. The van der Waals surface area contributed by atoms with Gasteiger partial charge in [0.1, 0.15) is 5.69 Å². The SMILES string of the molecule is CCNC(=NCCNc1nccc(C(F)(F)F)n1)NC1CCN(c2cccs2)CC1. The maximum Gasteiger partial charge on any atom is 0.433 e. The van der Waals surface area contributed by atoms with Gasteiger partial charge in [0.25, 0.3) is 0 Å². The molecular weight excluding hydrogens is 415 g/mol. The molecule has 0 aliphatic carbocycles. The van der Waals surface area contributed by atoms with E-state index in [0.29, 0.717) is 25.1 Å². The summed E-state index contributed by atoms with van der Waals surface area (Å²) in [4.78, 5) is 14.2. The van der Waals surface area contributed by atoms with Gasteiger partial charge < -0.3 is 20.9 Å². The summed E-state index contributed by atoms with van der Waals surface area (Å²) in [6.45, 7) is 5.41. The molecule has 164 valence electrons. The Labute approximate surface area is 177 Å². The van der Waals surface area contributed by atoms with Crippen LogP contribution in [0.5, 0.6) is 0 Å². The van der Waals surface area contributed by atoms with Crippen LogP contribution in [0, 0.1) is 0 Å². The summed E-state index contributed by atoms with van der Waals surface area (Å²) in [7, 11) is 0. The molecule has 0 spiro atoms. The maximum atomic E-state index is 12.7. The first-order valence-corrected chi connectivity index (χ1v) is 10.8. The highest BCUT2D eigenvalue weighted by atomic mass is 32.1. The van der Waals surface area contributed by atoms with Gasteiger partial charge in [0, 0.05) is 38.4 Å².